The molecule has 1 unspecified atom stereocenters. The van der Waals surface area contributed by atoms with E-state index in [-0.39, 0.29) is 24.4 Å². The van der Waals surface area contributed by atoms with E-state index < -0.39 is 0 Å². The molecule has 2 heterocycles. The second-order valence-corrected chi connectivity index (χ2v) is 6.22. The first kappa shape index (κ1) is 17.8. The minimum Gasteiger partial charge on any atom is -0.336 e. The van der Waals surface area contributed by atoms with Crippen LogP contribution in [0.5, 0.6) is 0 Å². The second-order valence-electron chi connectivity index (χ2n) is 5.34. The number of halogens is 1. The fraction of sp³-hybridized carbons (Fsp3) is 0.375. The van der Waals surface area contributed by atoms with E-state index in [0.29, 0.717) is 6.54 Å². The Kier molecular flexibility index (Phi) is 6.10. The Morgan fingerprint density at radius 2 is 2.09 bits per heavy atom. The van der Waals surface area contributed by atoms with Crippen LogP contribution in [0.25, 0.3) is 0 Å². The number of hydrogen-bond donors (Lipinski definition) is 1. The van der Waals surface area contributed by atoms with Crippen molar-refractivity contribution in [1.29, 1.82) is 0 Å². The number of aromatic nitrogens is 2. The van der Waals surface area contributed by atoms with E-state index in [9.17, 15) is 4.79 Å². The topological polar surface area (TPSA) is 50.2 Å². The molecular formula is C16H21ClN4OS. The van der Waals surface area contributed by atoms with Gasteiger partial charge in [0.2, 0.25) is 0 Å². The summed E-state index contributed by atoms with van der Waals surface area (Å²) in [6, 6.07) is 7.78. The molecule has 2 aromatic rings. The Morgan fingerprint density at radius 3 is 2.70 bits per heavy atom. The molecule has 0 aliphatic carbocycles. The maximum Gasteiger partial charge on any atom is 0.254 e. The monoisotopic (exact) mass is 352 g/mol. The minimum atomic E-state index is -0.0264. The fourth-order valence-electron chi connectivity index (χ4n) is 2.78. The molecule has 0 saturated carbocycles. The van der Waals surface area contributed by atoms with Crippen molar-refractivity contribution < 1.29 is 4.79 Å². The maximum atomic E-state index is 12.9. The van der Waals surface area contributed by atoms with Gasteiger partial charge in [0, 0.05) is 49.5 Å². The van der Waals surface area contributed by atoms with E-state index in [1.807, 2.05) is 53.2 Å². The van der Waals surface area contributed by atoms with Crippen molar-refractivity contribution in [2.45, 2.75) is 10.9 Å². The normalized spacial score (nSPS) is 17.7. The van der Waals surface area contributed by atoms with Gasteiger partial charge in [0.15, 0.2) is 0 Å². The van der Waals surface area contributed by atoms with Gasteiger partial charge in [-0.25, -0.2) is 4.98 Å². The van der Waals surface area contributed by atoms with E-state index in [4.69, 9.17) is 0 Å². The molecule has 23 heavy (non-hydrogen) atoms. The molecule has 1 aliphatic rings. The summed E-state index contributed by atoms with van der Waals surface area (Å²) in [6.07, 6.45) is 5.73. The van der Waals surface area contributed by atoms with Gasteiger partial charge in [-0.3, -0.25) is 4.79 Å². The molecule has 7 heteroatoms. The molecule has 1 fully saturated rings. The van der Waals surface area contributed by atoms with E-state index in [1.165, 1.54) is 0 Å². The van der Waals surface area contributed by atoms with Crippen LogP contribution in [0, 0.1) is 0 Å². The highest BCUT2D eigenvalue weighted by Crippen LogP contribution is 2.23. The highest BCUT2D eigenvalue weighted by molar-refractivity contribution is 7.98. The zero-order chi connectivity index (χ0) is 15.5. The van der Waals surface area contributed by atoms with Crippen molar-refractivity contribution in [3.63, 3.8) is 0 Å². The number of aryl methyl sites for hydroxylation is 1. The number of hydrogen-bond acceptors (Lipinski definition) is 4. The number of benzene rings is 1. The zero-order valence-corrected chi connectivity index (χ0v) is 14.9. The third kappa shape index (κ3) is 3.71. The number of carbonyl (C=O) groups excluding carboxylic acids is 1. The number of piperazine rings is 1. The molecule has 1 saturated heterocycles. The summed E-state index contributed by atoms with van der Waals surface area (Å²) >= 11 is 1.68. The number of nitrogens with one attached hydrogen (secondary N) is 1. The van der Waals surface area contributed by atoms with Crippen LogP contribution < -0.4 is 5.32 Å². The van der Waals surface area contributed by atoms with Crippen molar-refractivity contribution in [3.8, 4) is 0 Å². The van der Waals surface area contributed by atoms with E-state index in [2.05, 4.69) is 10.3 Å². The summed E-state index contributed by atoms with van der Waals surface area (Å²) in [7, 11) is 1.97. The van der Waals surface area contributed by atoms with Gasteiger partial charge in [0.25, 0.3) is 5.91 Å². The standard InChI is InChI=1S/C16H20N4OS.ClH/c1-19-9-8-18-15(19)14-11-17-7-10-20(14)16(21)12-3-5-13(22-2)6-4-12;/h3-6,8-9,14,17H,7,10-11H2,1-2H3;1H. The molecule has 1 aromatic carbocycles. The summed E-state index contributed by atoms with van der Waals surface area (Å²) < 4.78 is 1.98. The second kappa shape index (κ2) is 7.86. The highest BCUT2D eigenvalue weighted by Gasteiger charge is 2.30. The lowest BCUT2D eigenvalue weighted by Crippen LogP contribution is -2.49. The molecule has 0 spiro atoms. The predicted molar refractivity (Wildman–Crippen MR) is 95.3 cm³/mol. The molecule has 1 aromatic heterocycles. The van der Waals surface area contributed by atoms with Gasteiger partial charge in [0.05, 0.1) is 0 Å². The van der Waals surface area contributed by atoms with Crippen LogP contribution in [-0.2, 0) is 7.05 Å². The molecule has 1 aliphatic heterocycles. The average molecular weight is 353 g/mol. The SMILES string of the molecule is CSc1ccc(C(=O)N2CCNCC2c2nccn2C)cc1.Cl. The first-order chi connectivity index (χ1) is 10.7. The van der Waals surface area contributed by atoms with Crippen LogP contribution in [0.3, 0.4) is 0 Å². The van der Waals surface area contributed by atoms with Crippen LogP contribution in [0.1, 0.15) is 22.2 Å². The van der Waals surface area contributed by atoms with Crippen LogP contribution in [-0.4, -0.2) is 46.2 Å². The molecule has 0 bridgehead atoms. The summed E-state index contributed by atoms with van der Waals surface area (Å²) in [5.74, 6) is 0.989. The number of imidazole rings is 1. The van der Waals surface area contributed by atoms with Crippen LogP contribution in [0.15, 0.2) is 41.6 Å². The Balaban J connectivity index is 0.00000192. The Hall–Kier alpha value is -1.50. The quantitative estimate of drug-likeness (QED) is 0.861. The predicted octanol–water partition coefficient (Wildman–Crippen LogP) is 2.35. The lowest BCUT2D eigenvalue weighted by atomic mass is 10.1. The summed E-state index contributed by atoms with van der Waals surface area (Å²) in [6.45, 7) is 2.25. The van der Waals surface area contributed by atoms with Crippen LogP contribution in [0.4, 0.5) is 0 Å². The third-order valence-corrected chi connectivity index (χ3v) is 4.74. The average Bonchev–Trinajstić information content (AvgIpc) is 3.00. The number of thioether (sulfide) groups is 1. The minimum absolute atomic E-state index is 0. The number of carbonyl (C=O) groups is 1. The Bertz CT molecular complexity index is 658. The summed E-state index contributed by atoms with van der Waals surface area (Å²) in [5.41, 5.74) is 0.735. The van der Waals surface area contributed by atoms with Crippen molar-refractivity contribution in [1.82, 2.24) is 19.8 Å². The third-order valence-electron chi connectivity index (χ3n) is 4.00. The van der Waals surface area contributed by atoms with Crippen molar-refractivity contribution in [3.05, 3.63) is 48.0 Å². The Morgan fingerprint density at radius 1 is 1.35 bits per heavy atom. The molecule has 0 radical (unpaired) electrons. The number of nitrogens with zero attached hydrogens (tertiary/aromatic N) is 3. The highest BCUT2D eigenvalue weighted by atomic mass is 35.5. The summed E-state index contributed by atoms with van der Waals surface area (Å²) in [5, 5.41) is 3.35. The van der Waals surface area contributed by atoms with Gasteiger partial charge in [-0.15, -0.1) is 24.2 Å². The van der Waals surface area contributed by atoms with Gasteiger partial charge in [-0.05, 0) is 30.5 Å². The molecule has 1 amide bonds. The molecule has 1 atom stereocenters. The maximum absolute atomic E-state index is 12.9. The van der Waals surface area contributed by atoms with Crippen LogP contribution >= 0.6 is 24.2 Å². The van der Waals surface area contributed by atoms with Crippen molar-refractivity contribution in [2.24, 2.45) is 7.05 Å². The molecule has 5 nitrogen and oxygen atoms in total. The first-order valence-corrected chi connectivity index (χ1v) is 8.56. The van der Waals surface area contributed by atoms with Crippen molar-refractivity contribution in [2.75, 3.05) is 25.9 Å². The molecule has 1 N–H and O–H groups in total. The zero-order valence-electron chi connectivity index (χ0n) is 13.2. The smallest absolute Gasteiger partial charge is 0.254 e. The van der Waals surface area contributed by atoms with Crippen LogP contribution in [0.2, 0.25) is 0 Å². The fourth-order valence-corrected chi connectivity index (χ4v) is 3.18. The molecule has 3 rings (SSSR count). The van der Waals surface area contributed by atoms with Crippen molar-refractivity contribution >= 4 is 30.1 Å². The number of amides is 1. The lowest BCUT2D eigenvalue weighted by Gasteiger charge is -2.35. The summed E-state index contributed by atoms with van der Waals surface area (Å²) in [4.78, 5) is 20.4. The largest absolute Gasteiger partial charge is 0.336 e. The van der Waals surface area contributed by atoms with E-state index in [0.717, 1.165) is 29.4 Å². The van der Waals surface area contributed by atoms with Gasteiger partial charge in [0.1, 0.15) is 11.9 Å². The Labute approximate surface area is 146 Å². The van der Waals surface area contributed by atoms with Gasteiger partial charge in [-0.2, -0.15) is 0 Å². The number of rotatable bonds is 3. The molecular weight excluding hydrogens is 332 g/mol. The van der Waals surface area contributed by atoms with E-state index in [1.54, 1.807) is 18.0 Å². The van der Waals surface area contributed by atoms with Gasteiger partial charge in [-0.1, -0.05) is 0 Å². The lowest BCUT2D eigenvalue weighted by molar-refractivity contribution is 0.0621. The van der Waals surface area contributed by atoms with E-state index >= 15 is 0 Å². The van der Waals surface area contributed by atoms with Gasteiger partial charge >= 0.3 is 0 Å². The van der Waals surface area contributed by atoms with Gasteiger partial charge < -0.3 is 14.8 Å². The first-order valence-electron chi connectivity index (χ1n) is 7.33. The molecule has 124 valence electrons.